The molecule has 41 heavy (non-hydrogen) atoms. The van der Waals surface area contributed by atoms with Gasteiger partial charge in [0.05, 0.1) is 18.7 Å². The number of hydrogen-bond donors (Lipinski definition) is 2. The molecule has 0 spiro atoms. The highest BCUT2D eigenvalue weighted by atomic mass is 32.2. The Morgan fingerprint density at radius 1 is 1.37 bits per heavy atom. The first-order valence-electron chi connectivity index (χ1n) is 12.5. The number of azide groups is 1. The number of rotatable bonds is 13. The maximum atomic E-state index is 13.3. The molecule has 3 heterocycles. The van der Waals surface area contributed by atoms with Crippen molar-refractivity contribution in [3.05, 3.63) is 44.4 Å². The number of amides is 2. The van der Waals surface area contributed by atoms with Gasteiger partial charge < -0.3 is 25.4 Å². The number of nitrogens with one attached hydrogen (secondary N) is 1. The molecule has 1 aromatic heterocycles. The van der Waals surface area contributed by atoms with E-state index >= 15 is 0 Å². The lowest BCUT2D eigenvalue weighted by Crippen LogP contribution is -2.71. The average Bonchev–Trinajstić information content (AvgIpc) is 3.38. The zero-order chi connectivity index (χ0) is 30.1. The lowest BCUT2D eigenvalue weighted by atomic mass is 10.0. The van der Waals surface area contributed by atoms with Gasteiger partial charge in [-0.2, -0.15) is 0 Å². The second-order valence-corrected chi connectivity index (χ2v) is 11.1. The largest absolute Gasteiger partial charge is 0.462 e. The highest BCUT2D eigenvalue weighted by Gasteiger charge is 2.54. The number of thioether (sulfide) groups is 1. The van der Waals surface area contributed by atoms with Crippen molar-refractivity contribution in [1.82, 2.24) is 15.2 Å². The van der Waals surface area contributed by atoms with Gasteiger partial charge in [-0.25, -0.2) is 14.6 Å². The summed E-state index contributed by atoms with van der Waals surface area (Å²) in [5, 5.41) is 11.0. The highest BCUT2D eigenvalue weighted by molar-refractivity contribution is 8.00. The third kappa shape index (κ3) is 7.56. The van der Waals surface area contributed by atoms with Gasteiger partial charge in [0, 0.05) is 16.0 Å². The maximum Gasteiger partial charge on any atom is 0.355 e. The first kappa shape index (κ1) is 31.4. The summed E-state index contributed by atoms with van der Waals surface area (Å²) < 4.78 is 10.7. The van der Waals surface area contributed by atoms with E-state index < -0.39 is 35.2 Å². The van der Waals surface area contributed by atoms with Gasteiger partial charge in [-0.15, -0.1) is 23.1 Å². The molecular formula is C24H30N8O7S2. The zero-order valence-electron chi connectivity index (χ0n) is 22.9. The monoisotopic (exact) mass is 606 g/mol. The van der Waals surface area contributed by atoms with E-state index in [1.165, 1.54) is 29.2 Å². The predicted octanol–water partition coefficient (Wildman–Crippen LogP) is 2.12. The van der Waals surface area contributed by atoms with Gasteiger partial charge in [-0.1, -0.05) is 37.1 Å². The minimum absolute atomic E-state index is 0.0962. The summed E-state index contributed by atoms with van der Waals surface area (Å²) in [6.07, 6.45) is 2.10. The molecule has 3 rings (SSSR count). The minimum atomic E-state index is -1.00. The number of aromatic nitrogens is 1. The van der Waals surface area contributed by atoms with E-state index in [0.29, 0.717) is 12.0 Å². The molecule has 0 unspecified atom stereocenters. The smallest absolute Gasteiger partial charge is 0.355 e. The van der Waals surface area contributed by atoms with Crippen molar-refractivity contribution >= 4 is 57.7 Å². The fourth-order valence-corrected chi connectivity index (χ4v) is 5.69. The lowest BCUT2D eigenvalue weighted by Gasteiger charge is -2.49. The van der Waals surface area contributed by atoms with Crippen molar-refractivity contribution in [2.45, 2.75) is 38.6 Å². The molecule has 2 aliphatic heterocycles. The quantitative estimate of drug-likeness (QED) is 0.0488. The average molecular weight is 607 g/mol. The predicted molar refractivity (Wildman–Crippen MR) is 151 cm³/mol. The number of nitrogens with two attached hydrogens (primary N) is 1. The molecule has 0 aromatic carbocycles. The molecule has 15 nitrogen and oxygen atoms in total. The second-order valence-electron chi connectivity index (χ2n) is 9.10. The SMILES string of the molecule is CC/C=C(\COC(=O)C1=C(CN=[N+]=[N-])CS[C@@H]2[C@H](NC(=O)/C(=N\OC)c3csc(N)n3)C(=O)N12)C(=O)OCC(C)C. The number of ether oxygens (including phenoxy) is 2. The maximum absolute atomic E-state index is 13.3. The number of β-lactam (4-membered cyclic amide) rings is 1. The molecule has 1 saturated heterocycles. The van der Waals surface area contributed by atoms with Gasteiger partial charge in [-0.05, 0) is 23.4 Å². The molecule has 220 valence electrons. The summed E-state index contributed by atoms with van der Waals surface area (Å²) in [6.45, 7) is 5.26. The number of allylic oxidation sites excluding steroid dienone is 1. The Kier molecular flexibility index (Phi) is 11.1. The van der Waals surface area contributed by atoms with Crippen molar-refractivity contribution in [3.63, 3.8) is 0 Å². The van der Waals surface area contributed by atoms with Crippen LogP contribution in [0.2, 0.25) is 0 Å². The zero-order valence-corrected chi connectivity index (χ0v) is 24.5. The number of nitrogen functional groups attached to an aromatic ring is 1. The van der Waals surface area contributed by atoms with Gasteiger partial charge in [-0.3, -0.25) is 14.5 Å². The van der Waals surface area contributed by atoms with Gasteiger partial charge in [0.2, 0.25) is 0 Å². The van der Waals surface area contributed by atoms with Crippen LogP contribution in [-0.2, 0) is 33.5 Å². The molecule has 3 N–H and O–H groups in total. The van der Waals surface area contributed by atoms with Crippen molar-refractivity contribution in [3.8, 4) is 0 Å². The van der Waals surface area contributed by atoms with E-state index in [4.69, 9.17) is 25.6 Å². The third-order valence-corrected chi connectivity index (χ3v) is 7.65. The summed E-state index contributed by atoms with van der Waals surface area (Å²) in [5.41, 5.74) is 14.9. The summed E-state index contributed by atoms with van der Waals surface area (Å²) in [7, 11) is 1.26. The van der Waals surface area contributed by atoms with Crippen LogP contribution in [0.3, 0.4) is 0 Å². The second kappa shape index (κ2) is 14.5. The standard InChI is InChI=1S/C24H30N8O7S2/c1-5-6-13(22(35)38-8-12(2)3)9-39-23(36)18-14(7-27-31-26)10-40-21-17(20(34)32(18)21)29-19(33)16(30-37-4)15-11-41-24(25)28-15/h6,11-12,17,21H,5,7-10H2,1-4H3,(H2,25,28)(H,29,33)/b13-6+,30-16-/t17-,21-/m1/s1. The minimum Gasteiger partial charge on any atom is -0.462 e. The van der Waals surface area contributed by atoms with Crippen LogP contribution in [0.4, 0.5) is 5.13 Å². The molecule has 2 amide bonds. The molecule has 0 saturated carbocycles. The van der Waals surface area contributed by atoms with Crippen molar-refractivity contribution in [2.75, 3.05) is 38.4 Å². The number of carbonyl (C=O) groups is 4. The Hall–Kier alpha value is -4.08. The van der Waals surface area contributed by atoms with E-state index in [-0.39, 0.29) is 59.2 Å². The van der Waals surface area contributed by atoms with Crippen LogP contribution in [0.15, 0.2) is 38.6 Å². The van der Waals surface area contributed by atoms with Crippen LogP contribution in [0.25, 0.3) is 10.4 Å². The lowest BCUT2D eigenvalue weighted by molar-refractivity contribution is -0.152. The normalized spacial score (nSPS) is 18.8. The van der Waals surface area contributed by atoms with Gasteiger partial charge in [0.1, 0.15) is 36.5 Å². The van der Waals surface area contributed by atoms with Crippen molar-refractivity contribution in [2.24, 2.45) is 16.2 Å². The van der Waals surface area contributed by atoms with Crippen molar-refractivity contribution in [1.29, 1.82) is 0 Å². The van der Waals surface area contributed by atoms with Gasteiger partial charge >= 0.3 is 11.9 Å². The number of oxime groups is 1. The molecule has 2 aliphatic rings. The Morgan fingerprint density at radius 3 is 2.73 bits per heavy atom. The number of carbonyl (C=O) groups excluding carboxylic acids is 4. The van der Waals surface area contributed by atoms with E-state index in [0.717, 1.165) is 11.3 Å². The first-order chi connectivity index (χ1) is 19.6. The number of nitrogens with zero attached hydrogens (tertiary/aromatic N) is 6. The molecule has 0 bridgehead atoms. The molecule has 1 fully saturated rings. The number of anilines is 1. The van der Waals surface area contributed by atoms with Crippen LogP contribution >= 0.6 is 23.1 Å². The van der Waals surface area contributed by atoms with Crippen LogP contribution in [-0.4, -0.2) is 83.4 Å². The van der Waals surface area contributed by atoms with Crippen molar-refractivity contribution < 1.29 is 33.5 Å². The third-order valence-electron chi connectivity index (χ3n) is 5.63. The number of fused-ring (bicyclic) bond motifs is 1. The first-order valence-corrected chi connectivity index (χ1v) is 14.4. The summed E-state index contributed by atoms with van der Waals surface area (Å²) in [4.78, 5) is 64.7. The molecule has 17 heteroatoms. The topological polar surface area (TPSA) is 211 Å². The Balaban J connectivity index is 1.78. The highest BCUT2D eigenvalue weighted by Crippen LogP contribution is 2.41. The summed E-state index contributed by atoms with van der Waals surface area (Å²) in [5.74, 6) is -2.45. The van der Waals surface area contributed by atoms with Crippen LogP contribution in [0, 0.1) is 5.92 Å². The van der Waals surface area contributed by atoms with E-state index in [1.807, 2.05) is 20.8 Å². The molecule has 2 atom stereocenters. The fourth-order valence-electron chi connectivity index (χ4n) is 3.81. The number of thiazole rings is 1. The van der Waals surface area contributed by atoms with Crippen LogP contribution in [0.1, 0.15) is 32.9 Å². The molecule has 0 aliphatic carbocycles. The molecular weight excluding hydrogens is 576 g/mol. The van der Waals surface area contributed by atoms with E-state index in [1.54, 1.807) is 6.08 Å². The Morgan fingerprint density at radius 2 is 2.12 bits per heavy atom. The van der Waals surface area contributed by atoms with Gasteiger partial charge in [0.25, 0.3) is 11.8 Å². The summed E-state index contributed by atoms with van der Waals surface area (Å²) >= 11 is 2.37. The van der Waals surface area contributed by atoms with Crippen LogP contribution in [0.5, 0.6) is 0 Å². The Labute approximate surface area is 243 Å². The van der Waals surface area contributed by atoms with Gasteiger partial charge in [0.15, 0.2) is 10.8 Å². The summed E-state index contributed by atoms with van der Waals surface area (Å²) in [6, 6.07) is -1.00. The Bertz CT molecular complexity index is 1330. The van der Waals surface area contributed by atoms with Crippen LogP contribution < -0.4 is 11.1 Å². The van der Waals surface area contributed by atoms with E-state index in [9.17, 15) is 19.2 Å². The number of hydrogen-bond acceptors (Lipinski definition) is 13. The van der Waals surface area contributed by atoms with E-state index in [2.05, 4.69) is 25.5 Å². The molecule has 1 aromatic rings. The number of esters is 2. The fraction of sp³-hybridized carbons (Fsp3) is 0.500. The molecule has 0 radical (unpaired) electrons.